The monoisotopic (exact) mass is 231 g/mol. The number of para-hydroxylation sites is 2. The van der Waals surface area contributed by atoms with E-state index in [1.54, 1.807) is 7.11 Å². The third kappa shape index (κ3) is 2.13. The number of H-pyrrole nitrogens is 1. The van der Waals surface area contributed by atoms with Crippen LogP contribution in [0.4, 0.5) is 5.95 Å². The predicted molar refractivity (Wildman–Crippen MR) is 68.2 cm³/mol. The standard InChI is InChI=1S/C13H17N3O/c1-17-10-7-6-9(8-10)14-13-15-11-4-2-3-5-12(11)16-13/h2-5,9-10H,6-8H2,1H3,(H2,14,15,16). The Morgan fingerprint density at radius 1 is 1.35 bits per heavy atom. The van der Waals surface area contributed by atoms with Crippen molar-refractivity contribution in [2.24, 2.45) is 0 Å². The molecule has 2 aromatic rings. The van der Waals surface area contributed by atoms with Crippen molar-refractivity contribution >= 4 is 17.0 Å². The molecular formula is C13H17N3O. The first-order valence-electron chi connectivity index (χ1n) is 6.09. The van der Waals surface area contributed by atoms with E-state index in [1.165, 1.54) is 0 Å². The number of aromatic nitrogens is 2. The summed E-state index contributed by atoms with van der Waals surface area (Å²) < 4.78 is 5.37. The molecule has 1 aromatic heterocycles. The van der Waals surface area contributed by atoms with Crippen molar-refractivity contribution in [3.8, 4) is 0 Å². The van der Waals surface area contributed by atoms with Crippen LogP contribution in [0.25, 0.3) is 11.0 Å². The van der Waals surface area contributed by atoms with Gasteiger partial charge in [-0.2, -0.15) is 0 Å². The summed E-state index contributed by atoms with van der Waals surface area (Å²) in [5, 5.41) is 3.45. The first-order chi connectivity index (χ1) is 8.35. The summed E-state index contributed by atoms with van der Waals surface area (Å²) >= 11 is 0. The molecule has 1 aliphatic rings. The fourth-order valence-electron chi connectivity index (χ4n) is 2.50. The normalized spacial score (nSPS) is 24.3. The van der Waals surface area contributed by atoms with E-state index in [0.717, 1.165) is 36.2 Å². The topological polar surface area (TPSA) is 49.9 Å². The summed E-state index contributed by atoms with van der Waals surface area (Å²) in [5.74, 6) is 0.868. The number of rotatable bonds is 3. The molecule has 1 aromatic carbocycles. The van der Waals surface area contributed by atoms with Gasteiger partial charge in [-0.3, -0.25) is 0 Å². The number of nitrogens with zero attached hydrogens (tertiary/aromatic N) is 1. The Labute approximate surface area is 100 Å². The minimum Gasteiger partial charge on any atom is -0.381 e. The van der Waals surface area contributed by atoms with E-state index in [2.05, 4.69) is 15.3 Å². The molecule has 2 unspecified atom stereocenters. The Morgan fingerprint density at radius 3 is 3.00 bits per heavy atom. The number of anilines is 1. The van der Waals surface area contributed by atoms with Gasteiger partial charge in [0, 0.05) is 13.2 Å². The van der Waals surface area contributed by atoms with Crippen LogP contribution < -0.4 is 5.32 Å². The lowest BCUT2D eigenvalue weighted by molar-refractivity contribution is 0.108. The molecule has 0 amide bonds. The van der Waals surface area contributed by atoms with Crippen molar-refractivity contribution < 1.29 is 4.74 Å². The molecule has 0 bridgehead atoms. The minimum atomic E-state index is 0.400. The van der Waals surface area contributed by atoms with E-state index in [9.17, 15) is 0 Å². The third-order valence-corrected chi connectivity index (χ3v) is 3.45. The molecular weight excluding hydrogens is 214 g/mol. The summed E-state index contributed by atoms with van der Waals surface area (Å²) in [7, 11) is 1.79. The van der Waals surface area contributed by atoms with Crippen LogP contribution in [-0.2, 0) is 4.74 Å². The maximum atomic E-state index is 5.37. The van der Waals surface area contributed by atoms with Gasteiger partial charge in [0.15, 0.2) is 0 Å². The number of hydrogen-bond acceptors (Lipinski definition) is 3. The summed E-state index contributed by atoms with van der Waals surface area (Å²) in [5.41, 5.74) is 2.09. The average molecular weight is 231 g/mol. The van der Waals surface area contributed by atoms with E-state index < -0.39 is 0 Å². The molecule has 3 rings (SSSR count). The van der Waals surface area contributed by atoms with Gasteiger partial charge in [0.2, 0.25) is 5.95 Å². The zero-order chi connectivity index (χ0) is 11.7. The van der Waals surface area contributed by atoms with Crippen LogP contribution in [0, 0.1) is 0 Å². The molecule has 4 heteroatoms. The average Bonchev–Trinajstić information content (AvgIpc) is 2.94. The van der Waals surface area contributed by atoms with Crippen LogP contribution in [0.1, 0.15) is 19.3 Å². The highest BCUT2D eigenvalue weighted by atomic mass is 16.5. The Balaban J connectivity index is 1.73. The highest BCUT2D eigenvalue weighted by Gasteiger charge is 2.24. The smallest absolute Gasteiger partial charge is 0.201 e. The molecule has 1 fully saturated rings. The number of ether oxygens (including phenoxy) is 1. The highest BCUT2D eigenvalue weighted by Crippen LogP contribution is 2.24. The van der Waals surface area contributed by atoms with Crippen molar-refractivity contribution in [1.29, 1.82) is 0 Å². The Hall–Kier alpha value is -1.55. The largest absolute Gasteiger partial charge is 0.381 e. The maximum Gasteiger partial charge on any atom is 0.201 e. The number of benzene rings is 1. The molecule has 0 saturated heterocycles. The number of nitrogens with one attached hydrogen (secondary N) is 2. The highest BCUT2D eigenvalue weighted by molar-refractivity contribution is 5.77. The number of methoxy groups -OCH3 is 1. The lowest BCUT2D eigenvalue weighted by Crippen LogP contribution is -2.17. The Bertz CT molecular complexity index is 475. The number of hydrogen-bond donors (Lipinski definition) is 2. The summed E-state index contributed by atoms with van der Waals surface area (Å²) in [6.07, 6.45) is 3.74. The van der Waals surface area contributed by atoms with Gasteiger partial charge >= 0.3 is 0 Å². The van der Waals surface area contributed by atoms with Crippen molar-refractivity contribution in [3.63, 3.8) is 0 Å². The number of aromatic amines is 1. The van der Waals surface area contributed by atoms with E-state index in [-0.39, 0.29) is 0 Å². The molecule has 2 atom stereocenters. The molecule has 0 aliphatic heterocycles. The fraction of sp³-hybridized carbons (Fsp3) is 0.462. The van der Waals surface area contributed by atoms with E-state index in [1.807, 2.05) is 24.3 Å². The predicted octanol–water partition coefficient (Wildman–Crippen LogP) is 2.54. The molecule has 1 heterocycles. The van der Waals surface area contributed by atoms with Crippen molar-refractivity contribution in [1.82, 2.24) is 9.97 Å². The van der Waals surface area contributed by atoms with Gasteiger partial charge in [-0.05, 0) is 31.4 Å². The first kappa shape index (κ1) is 10.6. The van der Waals surface area contributed by atoms with E-state index in [4.69, 9.17) is 4.74 Å². The van der Waals surface area contributed by atoms with Crippen LogP contribution >= 0.6 is 0 Å². The SMILES string of the molecule is COC1CCC(Nc2nc3ccccc3[nH]2)C1. The molecule has 1 saturated carbocycles. The Kier molecular flexibility index (Phi) is 2.73. The second-order valence-corrected chi connectivity index (χ2v) is 4.61. The number of fused-ring (bicyclic) bond motifs is 1. The zero-order valence-corrected chi connectivity index (χ0v) is 9.94. The lowest BCUT2D eigenvalue weighted by Gasteiger charge is -2.11. The molecule has 90 valence electrons. The van der Waals surface area contributed by atoms with E-state index in [0.29, 0.717) is 12.1 Å². The second-order valence-electron chi connectivity index (χ2n) is 4.61. The maximum absolute atomic E-state index is 5.37. The first-order valence-corrected chi connectivity index (χ1v) is 6.09. The summed E-state index contributed by atoms with van der Waals surface area (Å²) in [6, 6.07) is 8.55. The zero-order valence-electron chi connectivity index (χ0n) is 9.94. The van der Waals surface area contributed by atoms with Gasteiger partial charge in [-0.25, -0.2) is 4.98 Å². The molecule has 4 nitrogen and oxygen atoms in total. The van der Waals surface area contributed by atoms with Crippen molar-refractivity contribution in [2.45, 2.75) is 31.4 Å². The van der Waals surface area contributed by atoms with Crippen molar-refractivity contribution in [2.75, 3.05) is 12.4 Å². The van der Waals surface area contributed by atoms with Crippen LogP contribution in [0.2, 0.25) is 0 Å². The molecule has 17 heavy (non-hydrogen) atoms. The van der Waals surface area contributed by atoms with Gasteiger partial charge in [0.05, 0.1) is 17.1 Å². The van der Waals surface area contributed by atoms with Gasteiger partial charge < -0.3 is 15.0 Å². The van der Waals surface area contributed by atoms with Crippen LogP contribution in [0.3, 0.4) is 0 Å². The summed E-state index contributed by atoms with van der Waals surface area (Å²) in [6.45, 7) is 0. The fourth-order valence-corrected chi connectivity index (χ4v) is 2.50. The van der Waals surface area contributed by atoms with Crippen LogP contribution in [0.5, 0.6) is 0 Å². The summed E-state index contributed by atoms with van der Waals surface area (Å²) in [4.78, 5) is 7.81. The van der Waals surface area contributed by atoms with Gasteiger partial charge in [-0.1, -0.05) is 12.1 Å². The quantitative estimate of drug-likeness (QED) is 0.853. The van der Waals surface area contributed by atoms with Gasteiger partial charge in [-0.15, -0.1) is 0 Å². The van der Waals surface area contributed by atoms with Gasteiger partial charge in [0.1, 0.15) is 0 Å². The minimum absolute atomic E-state index is 0.400. The lowest BCUT2D eigenvalue weighted by atomic mass is 10.2. The molecule has 0 radical (unpaired) electrons. The van der Waals surface area contributed by atoms with Gasteiger partial charge in [0.25, 0.3) is 0 Å². The van der Waals surface area contributed by atoms with Crippen LogP contribution in [0.15, 0.2) is 24.3 Å². The second kappa shape index (κ2) is 4.37. The third-order valence-electron chi connectivity index (χ3n) is 3.45. The van der Waals surface area contributed by atoms with Crippen LogP contribution in [-0.4, -0.2) is 29.2 Å². The van der Waals surface area contributed by atoms with Crippen molar-refractivity contribution in [3.05, 3.63) is 24.3 Å². The Morgan fingerprint density at radius 2 is 2.24 bits per heavy atom. The molecule has 1 aliphatic carbocycles. The molecule has 0 spiro atoms. The molecule has 2 N–H and O–H groups in total. The van der Waals surface area contributed by atoms with E-state index >= 15 is 0 Å². The number of imidazole rings is 1.